The number of likely N-dealkylation sites (tertiary alicyclic amines) is 1. The Morgan fingerprint density at radius 2 is 2.09 bits per heavy atom. The van der Waals surface area contributed by atoms with Gasteiger partial charge in [-0.2, -0.15) is 13.2 Å². The highest BCUT2D eigenvalue weighted by Gasteiger charge is 2.42. The lowest BCUT2D eigenvalue weighted by molar-refractivity contribution is -0.170. The van der Waals surface area contributed by atoms with Gasteiger partial charge in [-0.1, -0.05) is 6.58 Å². The lowest BCUT2D eigenvalue weighted by Gasteiger charge is -2.14. The molecule has 0 aromatic heterocycles. The first-order valence-electron chi connectivity index (χ1n) is 3.47. The van der Waals surface area contributed by atoms with Gasteiger partial charge in [-0.05, 0) is 12.6 Å². The van der Waals surface area contributed by atoms with Crippen LogP contribution >= 0.6 is 0 Å². The van der Waals surface area contributed by atoms with E-state index in [9.17, 15) is 13.2 Å². The molecule has 0 spiro atoms. The van der Waals surface area contributed by atoms with E-state index in [4.69, 9.17) is 0 Å². The van der Waals surface area contributed by atoms with Crippen molar-refractivity contribution in [1.82, 2.24) is 4.90 Å². The van der Waals surface area contributed by atoms with Crippen LogP contribution in [0.25, 0.3) is 0 Å². The smallest absolute Gasteiger partial charge is 0.377 e. The van der Waals surface area contributed by atoms with Gasteiger partial charge in [0, 0.05) is 13.1 Å². The average molecular weight is 165 g/mol. The Morgan fingerprint density at radius 1 is 1.45 bits per heavy atom. The number of rotatable bonds is 1. The Kier molecular flexibility index (Phi) is 2.11. The number of hydrogen-bond acceptors (Lipinski definition) is 1. The zero-order valence-electron chi connectivity index (χ0n) is 6.06. The van der Waals surface area contributed by atoms with E-state index in [0.29, 0.717) is 6.54 Å². The summed E-state index contributed by atoms with van der Waals surface area (Å²) in [5, 5.41) is 0. The number of alkyl halides is 3. The summed E-state index contributed by atoms with van der Waals surface area (Å²) in [7, 11) is 0. The van der Waals surface area contributed by atoms with Crippen LogP contribution in [-0.4, -0.2) is 24.2 Å². The topological polar surface area (TPSA) is 3.24 Å². The highest BCUT2D eigenvalue weighted by molar-refractivity contribution is 4.85. The fourth-order valence-electron chi connectivity index (χ4n) is 1.22. The van der Waals surface area contributed by atoms with Gasteiger partial charge in [-0.15, -0.1) is 0 Å². The SMILES string of the molecule is C=CN1CCC(C(F)(F)F)C1. The maximum absolute atomic E-state index is 12.0. The van der Waals surface area contributed by atoms with Gasteiger partial charge in [0.1, 0.15) is 0 Å². The average Bonchev–Trinajstić information content (AvgIpc) is 2.32. The van der Waals surface area contributed by atoms with Gasteiger partial charge in [-0.3, -0.25) is 0 Å². The van der Waals surface area contributed by atoms with Gasteiger partial charge in [0.15, 0.2) is 0 Å². The Labute approximate surface area is 63.5 Å². The van der Waals surface area contributed by atoms with E-state index in [1.165, 1.54) is 6.20 Å². The molecule has 0 aliphatic carbocycles. The Bertz CT molecular complexity index is 152. The molecule has 1 aliphatic rings. The maximum atomic E-state index is 12.0. The third kappa shape index (κ3) is 1.88. The molecule has 1 fully saturated rings. The first kappa shape index (κ1) is 8.43. The standard InChI is InChI=1S/C7H10F3N/c1-2-11-4-3-6(5-11)7(8,9)10/h2,6H,1,3-5H2. The molecule has 0 bridgehead atoms. The normalized spacial score (nSPS) is 25.7. The molecule has 0 saturated carbocycles. The second-order valence-electron chi connectivity index (χ2n) is 2.70. The van der Waals surface area contributed by atoms with Gasteiger partial charge >= 0.3 is 6.18 Å². The molecule has 1 rings (SSSR count). The predicted molar refractivity (Wildman–Crippen MR) is 35.9 cm³/mol. The molecule has 1 atom stereocenters. The zero-order valence-corrected chi connectivity index (χ0v) is 6.06. The Balaban J connectivity index is 2.48. The highest BCUT2D eigenvalue weighted by Crippen LogP contribution is 2.33. The molecule has 1 saturated heterocycles. The van der Waals surface area contributed by atoms with Crippen LogP contribution < -0.4 is 0 Å². The maximum Gasteiger partial charge on any atom is 0.393 e. The second kappa shape index (κ2) is 2.75. The number of hydrogen-bond donors (Lipinski definition) is 0. The number of nitrogens with zero attached hydrogens (tertiary/aromatic N) is 1. The van der Waals surface area contributed by atoms with Gasteiger partial charge in [0.25, 0.3) is 0 Å². The first-order chi connectivity index (χ1) is 5.04. The lowest BCUT2D eigenvalue weighted by atomic mass is 10.1. The minimum Gasteiger partial charge on any atom is -0.377 e. The summed E-state index contributed by atoms with van der Waals surface area (Å²) in [6, 6.07) is 0. The quantitative estimate of drug-likeness (QED) is 0.574. The van der Waals surface area contributed by atoms with Gasteiger partial charge in [-0.25, -0.2) is 0 Å². The van der Waals surface area contributed by atoms with Crippen LogP contribution in [0, 0.1) is 5.92 Å². The van der Waals surface area contributed by atoms with E-state index in [1.807, 2.05) is 0 Å². The van der Waals surface area contributed by atoms with Crippen molar-refractivity contribution in [1.29, 1.82) is 0 Å². The van der Waals surface area contributed by atoms with Gasteiger partial charge in [0.2, 0.25) is 0 Å². The van der Waals surface area contributed by atoms with Crippen molar-refractivity contribution in [2.75, 3.05) is 13.1 Å². The fourth-order valence-corrected chi connectivity index (χ4v) is 1.22. The van der Waals surface area contributed by atoms with Crippen molar-refractivity contribution in [3.63, 3.8) is 0 Å². The van der Waals surface area contributed by atoms with E-state index < -0.39 is 12.1 Å². The summed E-state index contributed by atoms with van der Waals surface area (Å²) < 4.78 is 36.0. The van der Waals surface area contributed by atoms with E-state index in [0.717, 1.165) is 0 Å². The highest BCUT2D eigenvalue weighted by atomic mass is 19.4. The molecule has 4 heteroatoms. The monoisotopic (exact) mass is 165 g/mol. The molecule has 0 radical (unpaired) electrons. The number of halogens is 3. The molecule has 0 aromatic carbocycles. The van der Waals surface area contributed by atoms with Crippen LogP contribution in [0.15, 0.2) is 12.8 Å². The molecule has 64 valence electrons. The summed E-state index contributed by atoms with van der Waals surface area (Å²) in [6.45, 7) is 3.97. The molecule has 11 heavy (non-hydrogen) atoms. The molecule has 1 heterocycles. The summed E-state index contributed by atoms with van der Waals surface area (Å²) in [5.41, 5.74) is 0. The molecule has 0 N–H and O–H groups in total. The van der Waals surface area contributed by atoms with E-state index in [1.54, 1.807) is 4.90 Å². The van der Waals surface area contributed by atoms with Crippen LogP contribution in [0.5, 0.6) is 0 Å². The lowest BCUT2D eigenvalue weighted by Crippen LogP contribution is -2.25. The van der Waals surface area contributed by atoms with Crippen LogP contribution in [0.3, 0.4) is 0 Å². The van der Waals surface area contributed by atoms with Crippen LogP contribution in [0.1, 0.15) is 6.42 Å². The van der Waals surface area contributed by atoms with Crippen molar-refractivity contribution < 1.29 is 13.2 Å². The van der Waals surface area contributed by atoms with Crippen LogP contribution in [0.2, 0.25) is 0 Å². The van der Waals surface area contributed by atoms with Gasteiger partial charge in [0.05, 0.1) is 5.92 Å². The van der Waals surface area contributed by atoms with Crippen LogP contribution in [0.4, 0.5) is 13.2 Å². The predicted octanol–water partition coefficient (Wildman–Crippen LogP) is 2.01. The van der Waals surface area contributed by atoms with E-state index in [-0.39, 0.29) is 13.0 Å². The van der Waals surface area contributed by atoms with Crippen molar-refractivity contribution in [2.45, 2.75) is 12.6 Å². The summed E-state index contributed by atoms with van der Waals surface area (Å²) >= 11 is 0. The van der Waals surface area contributed by atoms with Crippen molar-refractivity contribution in [2.24, 2.45) is 5.92 Å². The first-order valence-corrected chi connectivity index (χ1v) is 3.47. The third-order valence-corrected chi connectivity index (χ3v) is 1.94. The Hall–Kier alpha value is -0.670. The van der Waals surface area contributed by atoms with Crippen molar-refractivity contribution in [3.05, 3.63) is 12.8 Å². The second-order valence-corrected chi connectivity index (χ2v) is 2.70. The van der Waals surface area contributed by atoms with Crippen LogP contribution in [-0.2, 0) is 0 Å². The van der Waals surface area contributed by atoms with Crippen molar-refractivity contribution in [3.8, 4) is 0 Å². The van der Waals surface area contributed by atoms with Crippen molar-refractivity contribution >= 4 is 0 Å². The van der Waals surface area contributed by atoms with E-state index >= 15 is 0 Å². The Morgan fingerprint density at radius 3 is 2.36 bits per heavy atom. The zero-order chi connectivity index (χ0) is 8.48. The molecular formula is C7H10F3N. The summed E-state index contributed by atoms with van der Waals surface area (Å²) in [4.78, 5) is 1.60. The molecule has 0 amide bonds. The third-order valence-electron chi connectivity index (χ3n) is 1.94. The molecule has 1 nitrogen and oxygen atoms in total. The molecule has 1 aliphatic heterocycles. The summed E-state index contributed by atoms with van der Waals surface area (Å²) in [6.07, 6.45) is -2.36. The molecule has 1 unspecified atom stereocenters. The minimum atomic E-state index is -4.03. The molecule has 0 aromatic rings. The minimum absolute atomic E-state index is 0.0764. The fraction of sp³-hybridized carbons (Fsp3) is 0.714. The summed E-state index contributed by atoms with van der Waals surface area (Å²) in [5.74, 6) is -1.15. The van der Waals surface area contributed by atoms with Gasteiger partial charge < -0.3 is 4.90 Å². The molecular weight excluding hydrogens is 155 g/mol. The largest absolute Gasteiger partial charge is 0.393 e. The van der Waals surface area contributed by atoms with E-state index in [2.05, 4.69) is 6.58 Å².